The normalized spacial score (nSPS) is 18.0. The second-order valence-corrected chi connectivity index (χ2v) is 8.07. The summed E-state index contributed by atoms with van der Waals surface area (Å²) >= 11 is 0. The number of para-hydroxylation sites is 1. The number of aryl methyl sites for hydroxylation is 1. The molecule has 7 nitrogen and oxygen atoms in total. The molecule has 1 fully saturated rings. The number of rotatable bonds is 8. The summed E-state index contributed by atoms with van der Waals surface area (Å²) in [5.41, 5.74) is 2.54. The Labute approximate surface area is 170 Å². The van der Waals surface area contributed by atoms with Crippen molar-refractivity contribution in [1.29, 1.82) is 0 Å². The smallest absolute Gasteiger partial charge is 0.255 e. The Bertz CT molecular complexity index is 888. The zero-order valence-electron chi connectivity index (χ0n) is 16.8. The molecule has 154 valence electrons. The molecule has 0 bridgehead atoms. The standard InChI is InChI=1S/C22H28N4O3/c1-15(27)23-11-17-8-9-26-20(10-17)19(13-25-26)22(28)24-12-18-4-2-3-5-21(18)29-14-16-6-7-16/h2-5,13,16-17H,6-12,14H2,1H3,(H,23,27)(H,24,28). The van der Waals surface area contributed by atoms with Crippen molar-refractivity contribution in [3.05, 3.63) is 47.3 Å². The maximum Gasteiger partial charge on any atom is 0.255 e. The average Bonchev–Trinajstić information content (AvgIpc) is 3.46. The Kier molecular flexibility index (Phi) is 5.83. The number of carbonyl (C=O) groups is 2. The van der Waals surface area contributed by atoms with Crippen molar-refractivity contribution < 1.29 is 14.3 Å². The van der Waals surface area contributed by atoms with Gasteiger partial charge in [-0.05, 0) is 43.6 Å². The maximum absolute atomic E-state index is 12.8. The third-order valence-electron chi connectivity index (χ3n) is 5.65. The summed E-state index contributed by atoms with van der Waals surface area (Å²) in [6, 6.07) is 7.86. The highest BCUT2D eigenvalue weighted by Gasteiger charge is 2.26. The predicted molar refractivity (Wildman–Crippen MR) is 109 cm³/mol. The molecule has 1 saturated carbocycles. The summed E-state index contributed by atoms with van der Waals surface area (Å²) in [6.07, 6.45) is 5.83. The first-order valence-electron chi connectivity index (χ1n) is 10.4. The number of ether oxygens (including phenoxy) is 1. The van der Waals surface area contributed by atoms with E-state index in [2.05, 4.69) is 15.7 Å². The molecule has 2 aromatic rings. The number of carbonyl (C=O) groups excluding carboxylic acids is 2. The monoisotopic (exact) mass is 396 g/mol. The van der Waals surface area contributed by atoms with E-state index in [0.29, 0.717) is 30.5 Å². The molecule has 2 aliphatic rings. The van der Waals surface area contributed by atoms with Gasteiger partial charge >= 0.3 is 0 Å². The van der Waals surface area contributed by atoms with Crippen LogP contribution in [0.25, 0.3) is 0 Å². The molecular weight excluding hydrogens is 368 g/mol. The van der Waals surface area contributed by atoms with E-state index in [0.717, 1.165) is 43.0 Å². The molecule has 1 unspecified atom stereocenters. The van der Waals surface area contributed by atoms with E-state index in [1.165, 1.54) is 19.8 Å². The van der Waals surface area contributed by atoms with Crippen molar-refractivity contribution in [2.45, 2.75) is 45.7 Å². The molecule has 1 aromatic carbocycles. The summed E-state index contributed by atoms with van der Waals surface area (Å²) in [7, 11) is 0. The molecule has 1 atom stereocenters. The van der Waals surface area contributed by atoms with Crippen LogP contribution in [0.3, 0.4) is 0 Å². The second kappa shape index (κ2) is 8.68. The highest BCUT2D eigenvalue weighted by molar-refractivity contribution is 5.95. The van der Waals surface area contributed by atoms with Gasteiger partial charge in [-0.15, -0.1) is 0 Å². The third-order valence-corrected chi connectivity index (χ3v) is 5.65. The van der Waals surface area contributed by atoms with Gasteiger partial charge in [0.05, 0.1) is 24.1 Å². The Morgan fingerprint density at radius 3 is 2.79 bits per heavy atom. The molecule has 0 saturated heterocycles. The molecule has 2 N–H and O–H groups in total. The van der Waals surface area contributed by atoms with E-state index in [1.807, 2.05) is 28.9 Å². The van der Waals surface area contributed by atoms with Gasteiger partial charge < -0.3 is 15.4 Å². The van der Waals surface area contributed by atoms with Crippen molar-refractivity contribution >= 4 is 11.8 Å². The van der Waals surface area contributed by atoms with E-state index in [4.69, 9.17) is 4.74 Å². The van der Waals surface area contributed by atoms with Gasteiger partial charge in [-0.1, -0.05) is 18.2 Å². The fraction of sp³-hybridized carbons (Fsp3) is 0.500. The lowest BCUT2D eigenvalue weighted by atomic mass is 9.94. The summed E-state index contributed by atoms with van der Waals surface area (Å²) in [6.45, 7) is 4.09. The van der Waals surface area contributed by atoms with E-state index in [-0.39, 0.29) is 11.8 Å². The van der Waals surface area contributed by atoms with Crippen LogP contribution in [0.5, 0.6) is 5.75 Å². The summed E-state index contributed by atoms with van der Waals surface area (Å²) in [4.78, 5) is 24.0. The van der Waals surface area contributed by atoms with Gasteiger partial charge in [0.25, 0.3) is 5.91 Å². The molecule has 0 spiro atoms. The molecule has 29 heavy (non-hydrogen) atoms. The fourth-order valence-electron chi connectivity index (χ4n) is 3.70. The Hall–Kier alpha value is -2.83. The van der Waals surface area contributed by atoms with Crippen LogP contribution in [0.4, 0.5) is 0 Å². The zero-order chi connectivity index (χ0) is 20.2. The average molecular weight is 396 g/mol. The highest BCUT2D eigenvalue weighted by Crippen LogP contribution is 2.30. The van der Waals surface area contributed by atoms with Crippen LogP contribution in [0.2, 0.25) is 0 Å². The van der Waals surface area contributed by atoms with Crippen LogP contribution < -0.4 is 15.4 Å². The molecular formula is C22H28N4O3. The van der Waals surface area contributed by atoms with Crippen LogP contribution in [0.15, 0.2) is 30.5 Å². The lowest BCUT2D eigenvalue weighted by molar-refractivity contribution is -0.119. The molecule has 4 rings (SSSR count). The van der Waals surface area contributed by atoms with Crippen LogP contribution >= 0.6 is 0 Å². The maximum atomic E-state index is 12.8. The molecule has 1 aromatic heterocycles. The highest BCUT2D eigenvalue weighted by atomic mass is 16.5. The minimum atomic E-state index is -0.122. The topological polar surface area (TPSA) is 85.2 Å². The summed E-state index contributed by atoms with van der Waals surface area (Å²) in [5, 5.41) is 10.3. The van der Waals surface area contributed by atoms with Crippen LogP contribution in [-0.2, 0) is 24.3 Å². The Morgan fingerprint density at radius 1 is 1.17 bits per heavy atom. The van der Waals surface area contributed by atoms with Crippen LogP contribution in [-0.4, -0.2) is 34.7 Å². The SMILES string of the molecule is CC(=O)NCC1CCn2ncc(C(=O)NCc3ccccc3OCC3CC3)c2C1. The number of aromatic nitrogens is 2. The van der Waals surface area contributed by atoms with Crippen molar-refractivity contribution in [3.8, 4) is 5.75 Å². The first-order valence-corrected chi connectivity index (χ1v) is 10.4. The van der Waals surface area contributed by atoms with Gasteiger partial charge in [-0.3, -0.25) is 14.3 Å². The van der Waals surface area contributed by atoms with E-state index in [9.17, 15) is 9.59 Å². The van der Waals surface area contributed by atoms with Crippen molar-refractivity contribution in [2.75, 3.05) is 13.2 Å². The predicted octanol–water partition coefficient (Wildman–Crippen LogP) is 2.30. The first kappa shape index (κ1) is 19.5. The lowest BCUT2D eigenvalue weighted by Crippen LogP contribution is -2.33. The minimum Gasteiger partial charge on any atom is -0.493 e. The number of fused-ring (bicyclic) bond motifs is 1. The summed E-state index contributed by atoms with van der Waals surface area (Å²) in [5.74, 6) is 1.70. The van der Waals surface area contributed by atoms with Gasteiger partial charge in [0.2, 0.25) is 5.91 Å². The van der Waals surface area contributed by atoms with Crippen LogP contribution in [0.1, 0.15) is 47.8 Å². The van der Waals surface area contributed by atoms with E-state index < -0.39 is 0 Å². The Balaban J connectivity index is 1.38. The molecule has 7 heteroatoms. The molecule has 2 amide bonds. The van der Waals surface area contributed by atoms with Gasteiger partial charge in [0.1, 0.15) is 5.75 Å². The molecule has 0 radical (unpaired) electrons. The Morgan fingerprint density at radius 2 is 2.00 bits per heavy atom. The number of nitrogens with one attached hydrogen (secondary N) is 2. The van der Waals surface area contributed by atoms with Gasteiger partial charge in [0.15, 0.2) is 0 Å². The quantitative estimate of drug-likeness (QED) is 0.717. The van der Waals surface area contributed by atoms with Crippen molar-refractivity contribution in [1.82, 2.24) is 20.4 Å². The van der Waals surface area contributed by atoms with E-state index >= 15 is 0 Å². The van der Waals surface area contributed by atoms with E-state index in [1.54, 1.807) is 6.20 Å². The van der Waals surface area contributed by atoms with Gasteiger partial charge in [-0.2, -0.15) is 5.10 Å². The van der Waals surface area contributed by atoms with Crippen molar-refractivity contribution in [2.24, 2.45) is 11.8 Å². The zero-order valence-corrected chi connectivity index (χ0v) is 16.8. The largest absolute Gasteiger partial charge is 0.493 e. The third kappa shape index (κ3) is 4.96. The number of nitrogens with zero attached hydrogens (tertiary/aromatic N) is 2. The summed E-state index contributed by atoms with van der Waals surface area (Å²) < 4.78 is 7.84. The van der Waals surface area contributed by atoms with Gasteiger partial charge in [-0.25, -0.2) is 0 Å². The second-order valence-electron chi connectivity index (χ2n) is 8.07. The fourth-order valence-corrected chi connectivity index (χ4v) is 3.70. The number of amides is 2. The lowest BCUT2D eigenvalue weighted by Gasteiger charge is -2.24. The first-order chi connectivity index (χ1) is 14.1. The molecule has 2 heterocycles. The minimum absolute atomic E-state index is 0.0235. The molecule has 1 aliphatic carbocycles. The number of hydrogen-bond acceptors (Lipinski definition) is 4. The molecule has 1 aliphatic heterocycles. The van der Waals surface area contributed by atoms with Gasteiger partial charge in [0, 0.05) is 32.1 Å². The number of benzene rings is 1. The number of hydrogen-bond donors (Lipinski definition) is 2. The van der Waals surface area contributed by atoms with Crippen LogP contribution in [0, 0.1) is 11.8 Å². The van der Waals surface area contributed by atoms with Crippen molar-refractivity contribution in [3.63, 3.8) is 0 Å².